The van der Waals surface area contributed by atoms with E-state index in [1.165, 1.54) is 11.3 Å². The van der Waals surface area contributed by atoms with Gasteiger partial charge in [-0.25, -0.2) is 0 Å². The molecule has 0 spiro atoms. The highest BCUT2D eigenvalue weighted by atomic mass is 32.1. The first-order valence-corrected chi connectivity index (χ1v) is 9.84. The molecule has 4 heterocycles. The number of aromatic nitrogens is 2. The monoisotopic (exact) mass is 382 g/mol. The first-order valence-electron chi connectivity index (χ1n) is 9.02. The Labute approximate surface area is 161 Å². The summed E-state index contributed by atoms with van der Waals surface area (Å²) in [7, 11) is 0. The van der Waals surface area contributed by atoms with Crippen LogP contribution in [-0.2, 0) is 0 Å². The summed E-state index contributed by atoms with van der Waals surface area (Å²) in [6, 6.07) is 5.91. The zero-order chi connectivity index (χ0) is 18.8. The molecule has 3 aromatic heterocycles. The van der Waals surface area contributed by atoms with Crippen LogP contribution in [0.5, 0.6) is 0 Å². The van der Waals surface area contributed by atoms with Crippen LogP contribution in [0.3, 0.4) is 0 Å². The number of carbonyl (C=O) groups is 1. The molecular formula is C19H22N6OS. The summed E-state index contributed by atoms with van der Waals surface area (Å²) in [5.41, 5.74) is 14.9. The van der Waals surface area contributed by atoms with Crippen molar-refractivity contribution in [3.05, 3.63) is 42.4 Å². The number of hydrogen-bond acceptors (Lipinski definition) is 7. The summed E-state index contributed by atoms with van der Waals surface area (Å²) < 4.78 is 0.896. The van der Waals surface area contributed by atoms with E-state index in [1.54, 1.807) is 18.6 Å². The van der Waals surface area contributed by atoms with Crippen LogP contribution in [0, 0.1) is 0 Å². The third-order valence-corrected chi connectivity index (χ3v) is 5.83. The predicted molar refractivity (Wildman–Crippen MR) is 110 cm³/mol. The lowest BCUT2D eigenvalue weighted by atomic mass is 10.1. The second-order valence-corrected chi connectivity index (χ2v) is 7.80. The van der Waals surface area contributed by atoms with E-state index in [1.807, 2.05) is 18.2 Å². The molecule has 1 amide bonds. The van der Waals surface area contributed by atoms with Crippen LogP contribution in [0.15, 0.2) is 36.8 Å². The Bertz CT molecular complexity index is 972. The fourth-order valence-corrected chi connectivity index (χ4v) is 4.40. The molecule has 1 fully saturated rings. The van der Waals surface area contributed by atoms with Crippen molar-refractivity contribution >= 4 is 43.8 Å². The largest absolute Gasteiger partial charge is 0.390 e. The number of nitrogens with two attached hydrogens (primary N) is 2. The van der Waals surface area contributed by atoms with Crippen molar-refractivity contribution in [1.29, 1.82) is 0 Å². The van der Waals surface area contributed by atoms with E-state index >= 15 is 0 Å². The minimum Gasteiger partial charge on any atom is -0.390 e. The third-order valence-electron chi connectivity index (χ3n) is 4.86. The number of rotatable bonds is 3. The van der Waals surface area contributed by atoms with Crippen LogP contribution in [0.4, 0.5) is 16.4 Å². The van der Waals surface area contributed by atoms with Crippen LogP contribution in [0.2, 0.25) is 0 Å². The molecule has 8 heteroatoms. The molecule has 5 N–H and O–H groups in total. The Hall–Kier alpha value is -2.71. The molecule has 1 aliphatic rings. The molecule has 140 valence electrons. The molecule has 1 saturated heterocycles. The molecule has 27 heavy (non-hydrogen) atoms. The van der Waals surface area contributed by atoms with Gasteiger partial charge in [-0.15, -0.1) is 11.3 Å². The highest BCUT2D eigenvalue weighted by Crippen LogP contribution is 2.33. The molecular weight excluding hydrogens is 360 g/mol. The maximum Gasteiger partial charge on any atom is 0.260 e. The summed E-state index contributed by atoms with van der Waals surface area (Å²) in [6.07, 6.45) is 8.07. The van der Waals surface area contributed by atoms with E-state index in [9.17, 15) is 4.79 Å². The summed E-state index contributed by atoms with van der Waals surface area (Å²) in [5, 5.41) is 3.45. The first kappa shape index (κ1) is 17.7. The topological polar surface area (TPSA) is 110 Å². The molecule has 7 nitrogen and oxygen atoms in total. The van der Waals surface area contributed by atoms with E-state index in [2.05, 4.69) is 20.2 Å². The molecule has 0 radical (unpaired) electrons. The Balaban J connectivity index is 1.63. The summed E-state index contributed by atoms with van der Waals surface area (Å²) >= 11 is 1.37. The van der Waals surface area contributed by atoms with Gasteiger partial charge in [0, 0.05) is 31.5 Å². The summed E-state index contributed by atoms with van der Waals surface area (Å²) in [4.78, 5) is 23.8. The third kappa shape index (κ3) is 3.58. The van der Waals surface area contributed by atoms with Gasteiger partial charge in [-0.1, -0.05) is 0 Å². The van der Waals surface area contributed by atoms with Gasteiger partial charge in [0.05, 0.1) is 27.8 Å². The minimum atomic E-state index is -0.266. The lowest BCUT2D eigenvalue weighted by Crippen LogP contribution is -2.27. The maximum atomic E-state index is 13.0. The fraction of sp³-hybridized carbons (Fsp3) is 0.316. The standard InChI is InChI=1S/C19H22N6OS/c20-12-3-2-9-25(10-6-12)14-5-8-22-11-13(14)24-19(26)16-17-15(27-18(16)21)4-1-7-23-17/h1,4-5,7-8,11-12H,2-3,6,9-10,20-21H2,(H,24,26). The van der Waals surface area contributed by atoms with Crippen molar-refractivity contribution in [2.24, 2.45) is 5.73 Å². The summed E-state index contributed by atoms with van der Waals surface area (Å²) in [6.45, 7) is 1.77. The molecule has 1 atom stereocenters. The van der Waals surface area contributed by atoms with Gasteiger partial charge >= 0.3 is 0 Å². The van der Waals surface area contributed by atoms with Crippen LogP contribution in [0.1, 0.15) is 29.6 Å². The maximum absolute atomic E-state index is 13.0. The van der Waals surface area contributed by atoms with E-state index in [-0.39, 0.29) is 11.9 Å². The molecule has 4 rings (SSSR count). The molecule has 1 aliphatic heterocycles. The van der Waals surface area contributed by atoms with Crippen LogP contribution < -0.4 is 21.7 Å². The summed E-state index contributed by atoms with van der Waals surface area (Å²) in [5.74, 6) is -0.266. The van der Waals surface area contributed by atoms with Crippen molar-refractivity contribution in [3.8, 4) is 0 Å². The average Bonchev–Trinajstić information content (AvgIpc) is 2.85. The number of thiophene rings is 1. The van der Waals surface area contributed by atoms with E-state index in [0.29, 0.717) is 21.8 Å². The Kier molecular flexibility index (Phi) is 4.91. The van der Waals surface area contributed by atoms with Crippen LogP contribution in [0.25, 0.3) is 10.2 Å². The van der Waals surface area contributed by atoms with Gasteiger partial charge in [0.15, 0.2) is 0 Å². The quantitative estimate of drug-likeness (QED) is 0.642. The second-order valence-electron chi connectivity index (χ2n) is 6.72. The minimum absolute atomic E-state index is 0.234. The van der Waals surface area contributed by atoms with Gasteiger partial charge in [-0.2, -0.15) is 0 Å². The van der Waals surface area contributed by atoms with Crippen LogP contribution in [-0.4, -0.2) is 35.0 Å². The molecule has 0 aromatic carbocycles. The smallest absolute Gasteiger partial charge is 0.260 e. The number of nitrogen functional groups attached to an aromatic ring is 1. The van der Waals surface area contributed by atoms with Crippen molar-refractivity contribution in [2.75, 3.05) is 29.0 Å². The van der Waals surface area contributed by atoms with Gasteiger partial charge in [0.1, 0.15) is 10.6 Å². The van der Waals surface area contributed by atoms with Gasteiger partial charge in [0.2, 0.25) is 0 Å². The molecule has 0 saturated carbocycles. The highest BCUT2D eigenvalue weighted by molar-refractivity contribution is 7.23. The fourth-order valence-electron chi connectivity index (χ4n) is 3.47. The Morgan fingerprint density at radius 2 is 2.15 bits per heavy atom. The number of fused-ring (bicyclic) bond motifs is 1. The highest BCUT2D eigenvalue weighted by Gasteiger charge is 2.21. The number of pyridine rings is 2. The van der Waals surface area contributed by atoms with Crippen molar-refractivity contribution < 1.29 is 4.79 Å². The number of amides is 1. The number of nitrogens with one attached hydrogen (secondary N) is 1. The number of anilines is 3. The zero-order valence-electron chi connectivity index (χ0n) is 14.9. The SMILES string of the molecule is Nc1sc2cccnc2c1C(=O)Nc1cnccc1N1CCCC(N)CC1. The lowest BCUT2D eigenvalue weighted by Gasteiger charge is -2.25. The number of nitrogens with zero attached hydrogens (tertiary/aromatic N) is 3. The predicted octanol–water partition coefficient (Wildman–Crippen LogP) is 2.84. The van der Waals surface area contributed by atoms with Gasteiger partial charge in [0.25, 0.3) is 5.91 Å². The van der Waals surface area contributed by atoms with Gasteiger partial charge in [-0.3, -0.25) is 14.8 Å². The zero-order valence-corrected chi connectivity index (χ0v) is 15.7. The Morgan fingerprint density at radius 3 is 3.04 bits per heavy atom. The normalized spacial score (nSPS) is 17.7. The van der Waals surface area contributed by atoms with Crippen molar-refractivity contribution in [2.45, 2.75) is 25.3 Å². The molecule has 3 aromatic rings. The first-order chi connectivity index (χ1) is 13.1. The van der Waals surface area contributed by atoms with E-state index in [4.69, 9.17) is 11.5 Å². The van der Waals surface area contributed by atoms with Crippen molar-refractivity contribution in [1.82, 2.24) is 9.97 Å². The number of hydrogen-bond donors (Lipinski definition) is 3. The van der Waals surface area contributed by atoms with Gasteiger partial charge < -0.3 is 21.7 Å². The van der Waals surface area contributed by atoms with E-state index in [0.717, 1.165) is 42.7 Å². The Morgan fingerprint density at radius 1 is 1.26 bits per heavy atom. The molecule has 0 bridgehead atoms. The number of carbonyl (C=O) groups excluding carboxylic acids is 1. The molecule has 1 unspecified atom stereocenters. The van der Waals surface area contributed by atoms with E-state index < -0.39 is 0 Å². The van der Waals surface area contributed by atoms with Crippen molar-refractivity contribution in [3.63, 3.8) is 0 Å². The average molecular weight is 382 g/mol. The van der Waals surface area contributed by atoms with Gasteiger partial charge in [-0.05, 0) is 37.5 Å². The van der Waals surface area contributed by atoms with Crippen LogP contribution >= 0.6 is 11.3 Å². The second kappa shape index (κ2) is 7.50. The molecule has 0 aliphatic carbocycles. The lowest BCUT2D eigenvalue weighted by molar-refractivity contribution is 0.102.